The number of hydrogen-bond donors (Lipinski definition) is 1. The van der Waals surface area contributed by atoms with Crippen molar-refractivity contribution >= 4 is 6.09 Å². The highest BCUT2D eigenvalue weighted by Gasteiger charge is 2.36. The van der Waals surface area contributed by atoms with Gasteiger partial charge in [0.05, 0.1) is 0 Å². The van der Waals surface area contributed by atoms with E-state index in [0.717, 1.165) is 45.6 Å². The molecule has 2 fully saturated rings. The number of hydrogen-bond acceptors (Lipinski definition) is 4. The number of carbonyl (C=O) groups excluding carboxylic acids is 1. The molecule has 1 N–H and O–H groups in total. The van der Waals surface area contributed by atoms with Gasteiger partial charge in [0, 0.05) is 31.8 Å². The quantitative estimate of drug-likeness (QED) is 0.831. The van der Waals surface area contributed by atoms with E-state index >= 15 is 0 Å². The van der Waals surface area contributed by atoms with E-state index < -0.39 is 5.60 Å². The summed E-state index contributed by atoms with van der Waals surface area (Å²) in [5.41, 5.74) is -0.438. The molecule has 0 aromatic heterocycles. The summed E-state index contributed by atoms with van der Waals surface area (Å²) in [5.74, 6) is 0. The molecule has 1 atom stereocenters. The Morgan fingerprint density at radius 1 is 1.21 bits per heavy atom. The third kappa shape index (κ3) is 4.08. The van der Waals surface area contributed by atoms with Crippen LogP contribution in [-0.2, 0) is 9.47 Å². The van der Waals surface area contributed by atoms with E-state index in [0.29, 0.717) is 0 Å². The second-order valence-corrected chi connectivity index (χ2v) is 6.38. The van der Waals surface area contributed by atoms with E-state index in [1.54, 1.807) is 0 Å². The van der Waals surface area contributed by atoms with E-state index in [1.165, 1.54) is 0 Å². The van der Waals surface area contributed by atoms with Gasteiger partial charge in [0.15, 0.2) is 0 Å². The lowest BCUT2D eigenvalue weighted by atomic mass is 10.0. The normalized spacial score (nSPS) is 25.3. The van der Waals surface area contributed by atoms with Crippen molar-refractivity contribution in [2.45, 2.75) is 57.7 Å². The molecule has 0 radical (unpaired) electrons. The minimum atomic E-state index is -0.438. The molecule has 110 valence electrons. The molecular formula is C14H26N2O3. The minimum Gasteiger partial charge on any atom is -0.444 e. The minimum absolute atomic E-state index is 0.173. The number of rotatable bonds is 2. The van der Waals surface area contributed by atoms with Crippen LogP contribution in [0.15, 0.2) is 0 Å². The van der Waals surface area contributed by atoms with Gasteiger partial charge in [0.25, 0.3) is 0 Å². The van der Waals surface area contributed by atoms with E-state index in [9.17, 15) is 4.79 Å². The lowest BCUT2D eigenvalue weighted by molar-refractivity contribution is -0.0161. The molecule has 2 aliphatic rings. The summed E-state index contributed by atoms with van der Waals surface area (Å²) >= 11 is 0. The highest BCUT2D eigenvalue weighted by Crippen LogP contribution is 2.23. The molecule has 0 unspecified atom stereocenters. The first kappa shape index (κ1) is 14.6. The van der Waals surface area contributed by atoms with Gasteiger partial charge in [-0.2, -0.15) is 0 Å². The predicted octanol–water partition coefficient (Wildman–Crippen LogP) is 1.76. The number of nitrogens with zero attached hydrogens (tertiary/aromatic N) is 1. The molecule has 5 nitrogen and oxygen atoms in total. The SMILES string of the molecule is CC(C)(C)OC(=O)N(C1CCOCC1)[C@@H]1CCNC1. The number of carbonyl (C=O) groups is 1. The fourth-order valence-electron chi connectivity index (χ4n) is 2.75. The third-order valence-corrected chi connectivity index (χ3v) is 3.62. The molecule has 0 aromatic rings. The van der Waals surface area contributed by atoms with Gasteiger partial charge in [-0.3, -0.25) is 0 Å². The molecule has 2 saturated heterocycles. The van der Waals surface area contributed by atoms with Gasteiger partial charge in [0.1, 0.15) is 5.60 Å². The Hall–Kier alpha value is -0.810. The van der Waals surface area contributed by atoms with Crippen LogP contribution < -0.4 is 5.32 Å². The Morgan fingerprint density at radius 2 is 1.89 bits per heavy atom. The molecule has 0 aliphatic carbocycles. The number of amides is 1. The average Bonchev–Trinajstić information content (AvgIpc) is 2.82. The summed E-state index contributed by atoms with van der Waals surface area (Å²) in [6, 6.07) is 0.520. The smallest absolute Gasteiger partial charge is 0.410 e. The van der Waals surface area contributed by atoms with Crippen molar-refractivity contribution < 1.29 is 14.3 Å². The van der Waals surface area contributed by atoms with Gasteiger partial charge in [0.2, 0.25) is 0 Å². The van der Waals surface area contributed by atoms with Gasteiger partial charge in [-0.05, 0) is 46.6 Å². The highest BCUT2D eigenvalue weighted by atomic mass is 16.6. The van der Waals surface area contributed by atoms with E-state index in [1.807, 2.05) is 25.7 Å². The maximum atomic E-state index is 12.5. The standard InChI is InChI=1S/C14H26N2O3/c1-14(2,3)19-13(17)16(12-4-7-15-10-12)11-5-8-18-9-6-11/h11-12,15H,4-10H2,1-3H3/t12-/m1/s1. The zero-order valence-corrected chi connectivity index (χ0v) is 12.3. The molecule has 2 rings (SSSR count). The molecule has 0 aromatic carbocycles. The van der Waals surface area contributed by atoms with Crippen molar-refractivity contribution in [2.24, 2.45) is 0 Å². The first-order valence-corrected chi connectivity index (χ1v) is 7.27. The summed E-state index contributed by atoms with van der Waals surface area (Å²) in [6.45, 7) is 9.08. The van der Waals surface area contributed by atoms with Crippen molar-refractivity contribution in [3.63, 3.8) is 0 Å². The topological polar surface area (TPSA) is 50.8 Å². The summed E-state index contributed by atoms with van der Waals surface area (Å²) in [4.78, 5) is 14.4. The number of nitrogens with one attached hydrogen (secondary N) is 1. The van der Waals surface area contributed by atoms with Crippen molar-refractivity contribution in [3.8, 4) is 0 Å². The van der Waals surface area contributed by atoms with Crippen molar-refractivity contribution in [2.75, 3.05) is 26.3 Å². The zero-order chi connectivity index (χ0) is 13.9. The molecule has 0 bridgehead atoms. The lowest BCUT2D eigenvalue weighted by Gasteiger charge is -2.38. The van der Waals surface area contributed by atoms with E-state index in [-0.39, 0.29) is 18.2 Å². The van der Waals surface area contributed by atoms with Gasteiger partial charge >= 0.3 is 6.09 Å². The maximum absolute atomic E-state index is 12.5. The van der Waals surface area contributed by atoms with Crippen molar-refractivity contribution in [1.29, 1.82) is 0 Å². The molecule has 2 aliphatic heterocycles. The van der Waals surface area contributed by atoms with Crippen LogP contribution in [0, 0.1) is 0 Å². The van der Waals surface area contributed by atoms with Crippen LogP contribution >= 0.6 is 0 Å². The first-order valence-electron chi connectivity index (χ1n) is 7.27. The van der Waals surface area contributed by atoms with Gasteiger partial charge in [-0.15, -0.1) is 0 Å². The lowest BCUT2D eigenvalue weighted by Crippen LogP contribution is -2.51. The van der Waals surface area contributed by atoms with Crippen LogP contribution in [0.25, 0.3) is 0 Å². The van der Waals surface area contributed by atoms with E-state index in [4.69, 9.17) is 9.47 Å². The summed E-state index contributed by atoms with van der Waals surface area (Å²) < 4.78 is 11.0. The number of ether oxygens (including phenoxy) is 2. The fourth-order valence-corrected chi connectivity index (χ4v) is 2.75. The fraction of sp³-hybridized carbons (Fsp3) is 0.929. The monoisotopic (exact) mass is 270 g/mol. The van der Waals surface area contributed by atoms with Crippen LogP contribution in [0.2, 0.25) is 0 Å². The molecule has 5 heteroatoms. The maximum Gasteiger partial charge on any atom is 0.410 e. The predicted molar refractivity (Wildman–Crippen MR) is 73.2 cm³/mol. The molecule has 1 amide bonds. The largest absolute Gasteiger partial charge is 0.444 e. The Morgan fingerprint density at radius 3 is 2.42 bits per heavy atom. The molecular weight excluding hydrogens is 244 g/mol. The van der Waals surface area contributed by atoms with Crippen molar-refractivity contribution in [3.05, 3.63) is 0 Å². The summed E-state index contributed by atoms with van der Waals surface area (Å²) in [6.07, 6.45) is 2.66. The van der Waals surface area contributed by atoms with Gasteiger partial charge < -0.3 is 19.7 Å². The van der Waals surface area contributed by atoms with Crippen LogP contribution in [0.4, 0.5) is 4.79 Å². The van der Waals surface area contributed by atoms with Crippen LogP contribution in [-0.4, -0.2) is 55.0 Å². The van der Waals surface area contributed by atoms with E-state index in [2.05, 4.69) is 5.32 Å². The van der Waals surface area contributed by atoms with Crippen LogP contribution in [0.1, 0.15) is 40.0 Å². The zero-order valence-electron chi connectivity index (χ0n) is 12.3. The summed E-state index contributed by atoms with van der Waals surface area (Å²) in [7, 11) is 0. The van der Waals surface area contributed by atoms with Crippen molar-refractivity contribution in [1.82, 2.24) is 10.2 Å². The first-order chi connectivity index (χ1) is 8.97. The van der Waals surface area contributed by atoms with Gasteiger partial charge in [-0.25, -0.2) is 4.79 Å². The second kappa shape index (κ2) is 6.09. The third-order valence-electron chi connectivity index (χ3n) is 3.62. The Labute approximate surface area is 115 Å². The van der Waals surface area contributed by atoms with Crippen LogP contribution in [0.5, 0.6) is 0 Å². The Balaban J connectivity index is 2.06. The molecule has 0 saturated carbocycles. The Kier molecular flexibility index (Phi) is 4.68. The average molecular weight is 270 g/mol. The molecule has 0 spiro atoms. The molecule has 19 heavy (non-hydrogen) atoms. The second-order valence-electron chi connectivity index (χ2n) is 6.38. The van der Waals surface area contributed by atoms with Crippen LogP contribution in [0.3, 0.4) is 0 Å². The summed E-state index contributed by atoms with van der Waals surface area (Å²) in [5, 5.41) is 3.33. The highest BCUT2D eigenvalue weighted by molar-refractivity contribution is 5.69. The molecule has 2 heterocycles. The van der Waals surface area contributed by atoms with Gasteiger partial charge in [-0.1, -0.05) is 0 Å². The Bertz CT molecular complexity index is 302.